The Balaban J connectivity index is 0. The van der Waals surface area contributed by atoms with Crippen molar-refractivity contribution in [2.24, 2.45) is 5.92 Å². The minimum atomic E-state index is -1.76. The zero-order valence-electron chi connectivity index (χ0n) is 8.31. The van der Waals surface area contributed by atoms with E-state index in [1.54, 1.807) is 14.2 Å². The molecule has 0 aromatic heterocycles. The highest BCUT2D eigenvalue weighted by molar-refractivity contribution is 6.65. The highest BCUT2D eigenvalue weighted by Crippen LogP contribution is 2.16. The molecule has 0 atom stereocenters. The second-order valence-corrected chi connectivity index (χ2v) is 6.63. The summed E-state index contributed by atoms with van der Waals surface area (Å²) in [5, 5.41) is 0. The highest BCUT2D eigenvalue weighted by atomic mass is 28.4. The number of hydrogen-bond acceptors (Lipinski definition) is 3. The van der Waals surface area contributed by atoms with Crippen molar-refractivity contribution in [3.63, 3.8) is 0 Å². The maximum Gasteiger partial charge on any atom is 0.334 e. The first-order chi connectivity index (χ1) is 4.54. The Morgan fingerprint density at radius 2 is 1.55 bits per heavy atom. The summed E-state index contributed by atoms with van der Waals surface area (Å²) in [4.78, 5) is 0. The van der Waals surface area contributed by atoms with Gasteiger partial charge in [-0.1, -0.05) is 13.8 Å². The molecule has 0 aromatic rings. The predicted octanol–water partition coefficient (Wildman–Crippen LogP) is 2.17. The first kappa shape index (κ1) is 13.7. The van der Waals surface area contributed by atoms with Crippen molar-refractivity contribution >= 4 is 8.56 Å². The van der Waals surface area contributed by atoms with Crippen LogP contribution in [0.4, 0.5) is 0 Å². The van der Waals surface area contributed by atoms with E-state index in [9.17, 15) is 0 Å². The molecule has 0 aliphatic rings. The molecule has 0 bridgehead atoms. The second-order valence-electron chi connectivity index (χ2n) is 3.14. The van der Waals surface area contributed by atoms with Crippen LogP contribution >= 0.6 is 0 Å². The Hall–Kier alpha value is 0.0969. The molecule has 11 heavy (non-hydrogen) atoms. The second kappa shape index (κ2) is 5.71. The van der Waals surface area contributed by atoms with Gasteiger partial charge in [0, 0.05) is 14.2 Å². The van der Waals surface area contributed by atoms with E-state index >= 15 is 0 Å². The van der Waals surface area contributed by atoms with Gasteiger partial charge in [0.1, 0.15) is 0 Å². The van der Waals surface area contributed by atoms with Crippen molar-refractivity contribution < 1.29 is 8.85 Å². The summed E-state index contributed by atoms with van der Waals surface area (Å²) in [6, 6.07) is 1.07. The fourth-order valence-corrected chi connectivity index (χ4v) is 2.97. The third-order valence-electron chi connectivity index (χ3n) is 1.64. The summed E-state index contributed by atoms with van der Waals surface area (Å²) in [5.41, 5.74) is 0. The number of hydrogen-bond donors (Lipinski definition) is 1. The topological polar surface area (TPSA) is 53.5 Å². The van der Waals surface area contributed by atoms with Crippen LogP contribution in [0.1, 0.15) is 13.8 Å². The molecule has 70 valence electrons. The normalized spacial score (nSPS) is 11.5. The van der Waals surface area contributed by atoms with Gasteiger partial charge >= 0.3 is 8.56 Å². The van der Waals surface area contributed by atoms with E-state index in [0.29, 0.717) is 5.92 Å². The lowest BCUT2D eigenvalue weighted by molar-refractivity contribution is 0.244. The average Bonchev–Trinajstić information content (AvgIpc) is 1.87. The van der Waals surface area contributed by atoms with Crippen LogP contribution in [0.5, 0.6) is 0 Å². The number of rotatable bonds is 4. The Kier molecular flexibility index (Phi) is 7.10. The molecule has 0 amide bonds. The molecule has 0 aliphatic carbocycles. The Bertz CT molecular complexity index is 94.4. The molecular formula is C7H21NO2Si. The van der Waals surface area contributed by atoms with Crippen molar-refractivity contribution in [2.45, 2.75) is 26.4 Å². The Morgan fingerprint density at radius 1 is 1.18 bits per heavy atom. The summed E-state index contributed by atoms with van der Waals surface area (Å²) in [7, 11) is 1.71. The van der Waals surface area contributed by atoms with Gasteiger partial charge in [-0.2, -0.15) is 0 Å². The molecule has 0 saturated carbocycles. The van der Waals surface area contributed by atoms with E-state index in [-0.39, 0.29) is 6.15 Å². The summed E-state index contributed by atoms with van der Waals surface area (Å²) < 4.78 is 10.6. The van der Waals surface area contributed by atoms with Crippen LogP contribution in [0.15, 0.2) is 0 Å². The van der Waals surface area contributed by atoms with E-state index in [1.165, 1.54) is 0 Å². The third-order valence-corrected chi connectivity index (χ3v) is 4.93. The molecule has 0 aromatic carbocycles. The predicted molar refractivity (Wildman–Crippen MR) is 50.3 cm³/mol. The Labute approximate surface area is 70.9 Å². The molecule has 4 heteroatoms. The van der Waals surface area contributed by atoms with Crippen LogP contribution in [0.3, 0.4) is 0 Å². The van der Waals surface area contributed by atoms with Crippen molar-refractivity contribution in [1.29, 1.82) is 0 Å². The van der Waals surface area contributed by atoms with Crippen LogP contribution in [-0.4, -0.2) is 22.8 Å². The first-order valence-electron chi connectivity index (χ1n) is 3.64. The maximum atomic E-state index is 5.31. The van der Waals surface area contributed by atoms with Crippen LogP contribution in [-0.2, 0) is 8.85 Å². The van der Waals surface area contributed by atoms with E-state index < -0.39 is 8.56 Å². The van der Waals surface area contributed by atoms with E-state index in [0.717, 1.165) is 6.04 Å². The smallest absolute Gasteiger partial charge is 0.334 e. The molecule has 0 heterocycles. The van der Waals surface area contributed by atoms with Crippen LogP contribution < -0.4 is 6.15 Å². The minimum Gasteiger partial charge on any atom is -0.398 e. The molecule has 3 N–H and O–H groups in total. The van der Waals surface area contributed by atoms with E-state index in [4.69, 9.17) is 8.85 Å². The van der Waals surface area contributed by atoms with Gasteiger partial charge < -0.3 is 15.0 Å². The van der Waals surface area contributed by atoms with Gasteiger partial charge in [-0.05, 0) is 18.5 Å². The van der Waals surface area contributed by atoms with Gasteiger partial charge in [-0.25, -0.2) is 0 Å². The molecule has 0 aliphatic heterocycles. The quantitative estimate of drug-likeness (QED) is 0.673. The largest absolute Gasteiger partial charge is 0.398 e. The van der Waals surface area contributed by atoms with Gasteiger partial charge in [0.15, 0.2) is 0 Å². The van der Waals surface area contributed by atoms with Crippen LogP contribution in [0.2, 0.25) is 12.6 Å². The Morgan fingerprint density at radius 3 is 1.64 bits per heavy atom. The van der Waals surface area contributed by atoms with Gasteiger partial charge in [0.2, 0.25) is 0 Å². The molecule has 0 rings (SSSR count). The third kappa shape index (κ3) is 5.38. The average molecular weight is 179 g/mol. The lowest BCUT2D eigenvalue weighted by Gasteiger charge is -2.24. The zero-order chi connectivity index (χ0) is 8.20. The van der Waals surface area contributed by atoms with Gasteiger partial charge in [0.25, 0.3) is 0 Å². The summed E-state index contributed by atoms with van der Waals surface area (Å²) in [5.74, 6) is 0.663. The standard InChI is InChI=1S/C7H18O2Si.H3N/c1-7(2)6-10(5,8-3)9-4;/h7H,6H2,1-5H3;1H3. The minimum absolute atomic E-state index is 0. The van der Waals surface area contributed by atoms with Gasteiger partial charge in [-0.15, -0.1) is 0 Å². The van der Waals surface area contributed by atoms with E-state index in [1.807, 2.05) is 0 Å². The highest BCUT2D eigenvalue weighted by Gasteiger charge is 2.29. The summed E-state index contributed by atoms with van der Waals surface area (Å²) in [6.07, 6.45) is 0. The molecule has 0 spiro atoms. The molecule has 3 nitrogen and oxygen atoms in total. The fourth-order valence-electron chi connectivity index (χ4n) is 0.992. The molecular weight excluding hydrogens is 158 g/mol. The molecule has 0 saturated heterocycles. The van der Waals surface area contributed by atoms with Crippen molar-refractivity contribution in [3.8, 4) is 0 Å². The summed E-state index contributed by atoms with van der Waals surface area (Å²) in [6.45, 7) is 6.46. The lowest BCUT2D eigenvalue weighted by atomic mass is 10.3. The molecule has 0 fully saturated rings. The lowest BCUT2D eigenvalue weighted by Crippen LogP contribution is -2.37. The van der Waals surface area contributed by atoms with Crippen molar-refractivity contribution in [2.75, 3.05) is 14.2 Å². The van der Waals surface area contributed by atoms with Crippen molar-refractivity contribution in [1.82, 2.24) is 6.15 Å². The van der Waals surface area contributed by atoms with Gasteiger partial charge in [0.05, 0.1) is 0 Å². The SMILES string of the molecule is CO[Si](C)(CC(C)C)OC.N. The monoisotopic (exact) mass is 179 g/mol. The van der Waals surface area contributed by atoms with Crippen LogP contribution in [0.25, 0.3) is 0 Å². The van der Waals surface area contributed by atoms with E-state index in [2.05, 4.69) is 20.4 Å². The van der Waals surface area contributed by atoms with Crippen LogP contribution in [0, 0.1) is 5.92 Å². The molecule has 0 unspecified atom stereocenters. The van der Waals surface area contributed by atoms with Gasteiger partial charge in [-0.3, -0.25) is 0 Å². The maximum absolute atomic E-state index is 5.31. The van der Waals surface area contributed by atoms with Crippen molar-refractivity contribution in [3.05, 3.63) is 0 Å². The zero-order valence-corrected chi connectivity index (χ0v) is 9.31. The first-order valence-corrected chi connectivity index (χ1v) is 6.16. The fraction of sp³-hybridized carbons (Fsp3) is 1.00. The molecule has 0 radical (unpaired) electrons. The summed E-state index contributed by atoms with van der Waals surface area (Å²) >= 11 is 0.